The molecular weight excluding hydrogens is 329 g/mol. The Morgan fingerprint density at radius 2 is 2.12 bits per heavy atom. The first kappa shape index (κ1) is 14.5. The third kappa shape index (κ3) is 5.10. The van der Waals surface area contributed by atoms with E-state index in [-0.39, 0.29) is 0 Å². The van der Waals surface area contributed by atoms with Crippen molar-refractivity contribution in [2.45, 2.75) is 12.5 Å². The quantitative estimate of drug-likeness (QED) is 0.558. The van der Waals surface area contributed by atoms with Gasteiger partial charge in [-0.15, -0.1) is 0 Å². The maximum atomic E-state index is 10.1. The van der Waals surface area contributed by atoms with Gasteiger partial charge in [-0.05, 0) is 61.8 Å². The number of nitrogens with zero attached hydrogens (tertiary/aromatic N) is 1. The molecule has 0 amide bonds. The number of likely N-dealkylation sites (N-methyl/N-ethyl adjacent to an activating group) is 1. The van der Waals surface area contributed by atoms with Gasteiger partial charge in [-0.2, -0.15) is 0 Å². The van der Waals surface area contributed by atoms with Gasteiger partial charge in [0, 0.05) is 16.7 Å². The van der Waals surface area contributed by atoms with E-state index >= 15 is 0 Å². The van der Waals surface area contributed by atoms with Gasteiger partial charge >= 0.3 is 0 Å². The number of rotatable bonds is 5. The van der Waals surface area contributed by atoms with Crippen LogP contribution in [-0.4, -0.2) is 42.8 Å². The molecule has 0 aliphatic heterocycles. The largest absolute Gasteiger partial charge is 0.397 e. The Bertz CT molecular complexity index is 380. The maximum Gasteiger partial charge on any atom is 0.0917 e. The Balaban J connectivity index is 2.61. The Morgan fingerprint density at radius 3 is 2.65 bits per heavy atom. The van der Waals surface area contributed by atoms with Crippen molar-refractivity contribution in [1.29, 1.82) is 0 Å². The molecule has 1 rings (SSSR count). The number of benzene rings is 1. The summed E-state index contributed by atoms with van der Waals surface area (Å²) in [7, 11) is 3.88. The van der Waals surface area contributed by atoms with E-state index in [1.165, 1.54) is 0 Å². The summed E-state index contributed by atoms with van der Waals surface area (Å²) in [4.78, 5) is 1.96. The van der Waals surface area contributed by atoms with E-state index in [9.17, 15) is 5.11 Å². The fourth-order valence-electron chi connectivity index (χ4n) is 1.72. The third-order valence-corrected chi connectivity index (χ3v) is 3.00. The summed E-state index contributed by atoms with van der Waals surface area (Å²) in [5, 5.41) is 13.3. The van der Waals surface area contributed by atoms with Crippen molar-refractivity contribution >= 4 is 34.0 Å². The van der Waals surface area contributed by atoms with Gasteiger partial charge in [-0.25, -0.2) is 0 Å². The molecule has 0 spiro atoms. The predicted molar refractivity (Wildman–Crippen MR) is 81.2 cm³/mol. The van der Waals surface area contributed by atoms with Gasteiger partial charge in [0.15, 0.2) is 0 Å². The molecule has 17 heavy (non-hydrogen) atoms. The lowest BCUT2D eigenvalue weighted by atomic mass is 10.1. The lowest BCUT2D eigenvalue weighted by molar-refractivity contribution is 0.0460. The number of hydrogen-bond donors (Lipinski definition) is 3. The molecule has 0 saturated heterocycles. The molecule has 1 unspecified atom stereocenters. The molecule has 1 aromatic rings. The zero-order chi connectivity index (χ0) is 13.1. The highest BCUT2D eigenvalue weighted by atomic mass is 127. The molecule has 0 aliphatic carbocycles. The molecule has 0 aromatic heterocycles. The fourth-order valence-corrected chi connectivity index (χ4v) is 2.23. The molecule has 1 aromatic carbocycles. The van der Waals surface area contributed by atoms with Crippen LogP contribution in [0.4, 0.5) is 11.4 Å². The third-order valence-electron chi connectivity index (χ3n) is 2.33. The summed E-state index contributed by atoms with van der Waals surface area (Å²) in [5.41, 5.74) is 6.69. The highest BCUT2D eigenvalue weighted by molar-refractivity contribution is 14.1. The summed E-state index contributed by atoms with van der Waals surface area (Å²) in [6.45, 7) is 2.88. The highest BCUT2D eigenvalue weighted by Crippen LogP contribution is 2.21. The minimum atomic E-state index is -0.779. The van der Waals surface area contributed by atoms with Crippen molar-refractivity contribution < 1.29 is 5.11 Å². The second-order valence-corrected chi connectivity index (χ2v) is 6.07. The molecule has 4 N–H and O–H groups in total. The van der Waals surface area contributed by atoms with Crippen LogP contribution in [0.1, 0.15) is 6.92 Å². The van der Waals surface area contributed by atoms with Crippen LogP contribution in [0, 0.1) is 3.57 Å². The second-order valence-electron chi connectivity index (χ2n) is 4.82. The van der Waals surface area contributed by atoms with Gasteiger partial charge in [0.05, 0.1) is 17.0 Å². The molecule has 0 heterocycles. The number of aliphatic hydroxyl groups is 1. The Kier molecular flexibility index (Phi) is 5.03. The number of nitrogens with two attached hydrogens (primary N) is 1. The van der Waals surface area contributed by atoms with E-state index in [0.29, 0.717) is 18.8 Å². The molecule has 0 radical (unpaired) electrons. The van der Waals surface area contributed by atoms with Crippen LogP contribution in [0.15, 0.2) is 18.2 Å². The van der Waals surface area contributed by atoms with Crippen molar-refractivity contribution in [2.75, 3.05) is 38.2 Å². The average molecular weight is 349 g/mol. The number of nitrogens with one attached hydrogen (secondary N) is 1. The molecule has 5 heteroatoms. The zero-order valence-electron chi connectivity index (χ0n) is 10.5. The monoisotopic (exact) mass is 349 g/mol. The second kappa shape index (κ2) is 5.88. The van der Waals surface area contributed by atoms with E-state index < -0.39 is 5.60 Å². The van der Waals surface area contributed by atoms with Gasteiger partial charge in [0.2, 0.25) is 0 Å². The summed E-state index contributed by atoms with van der Waals surface area (Å²) >= 11 is 2.22. The molecular formula is C12H20IN3O. The van der Waals surface area contributed by atoms with E-state index in [1.807, 2.05) is 44.1 Å². The molecule has 0 aliphatic rings. The first-order valence-corrected chi connectivity index (χ1v) is 6.54. The van der Waals surface area contributed by atoms with Crippen LogP contribution in [0.2, 0.25) is 0 Å². The van der Waals surface area contributed by atoms with Crippen molar-refractivity contribution in [3.05, 3.63) is 21.8 Å². The first-order chi connectivity index (χ1) is 7.80. The lowest BCUT2D eigenvalue weighted by Gasteiger charge is -2.27. The summed E-state index contributed by atoms with van der Waals surface area (Å²) < 4.78 is 1.10. The molecule has 0 bridgehead atoms. The maximum absolute atomic E-state index is 10.1. The van der Waals surface area contributed by atoms with Gasteiger partial charge in [-0.1, -0.05) is 0 Å². The van der Waals surface area contributed by atoms with E-state index in [0.717, 1.165) is 9.26 Å². The molecule has 1 atom stereocenters. The highest BCUT2D eigenvalue weighted by Gasteiger charge is 2.21. The number of anilines is 2. The van der Waals surface area contributed by atoms with E-state index in [4.69, 9.17) is 5.73 Å². The van der Waals surface area contributed by atoms with Gasteiger partial charge in [0.25, 0.3) is 0 Å². The minimum Gasteiger partial charge on any atom is -0.397 e. The normalized spacial score (nSPS) is 14.7. The fraction of sp³-hybridized carbons (Fsp3) is 0.500. The van der Waals surface area contributed by atoms with Crippen LogP contribution in [0.25, 0.3) is 0 Å². The molecule has 4 nitrogen and oxygen atoms in total. The summed E-state index contributed by atoms with van der Waals surface area (Å²) in [6, 6.07) is 5.83. The van der Waals surface area contributed by atoms with Gasteiger partial charge in [-0.3, -0.25) is 0 Å². The van der Waals surface area contributed by atoms with Gasteiger partial charge < -0.3 is 21.1 Å². The number of nitrogen functional groups attached to an aromatic ring is 1. The van der Waals surface area contributed by atoms with Crippen LogP contribution in [-0.2, 0) is 0 Å². The Labute approximate surface area is 116 Å². The van der Waals surface area contributed by atoms with Crippen molar-refractivity contribution in [3.8, 4) is 0 Å². The zero-order valence-corrected chi connectivity index (χ0v) is 12.7. The molecule has 96 valence electrons. The van der Waals surface area contributed by atoms with Crippen LogP contribution < -0.4 is 11.1 Å². The minimum absolute atomic E-state index is 0.468. The standard InChI is InChI=1S/C12H20IN3O/c1-12(17,8-16(2)3)7-15-11-5-4-9(13)6-10(11)14/h4-6,15,17H,7-8,14H2,1-3H3. The molecule has 0 fully saturated rings. The predicted octanol–water partition coefficient (Wildman–Crippen LogP) is 1.60. The number of halogens is 1. The van der Waals surface area contributed by atoms with Crippen LogP contribution >= 0.6 is 22.6 Å². The van der Waals surface area contributed by atoms with Crippen molar-refractivity contribution in [1.82, 2.24) is 4.90 Å². The van der Waals surface area contributed by atoms with Crippen LogP contribution in [0.5, 0.6) is 0 Å². The molecule has 0 saturated carbocycles. The Morgan fingerprint density at radius 1 is 1.47 bits per heavy atom. The average Bonchev–Trinajstić information content (AvgIpc) is 2.14. The summed E-state index contributed by atoms with van der Waals surface area (Å²) in [6.07, 6.45) is 0. The SMILES string of the molecule is CN(C)CC(C)(O)CNc1ccc(I)cc1N. The van der Waals surface area contributed by atoms with E-state index in [1.54, 1.807) is 0 Å². The Hall–Kier alpha value is -0.530. The van der Waals surface area contributed by atoms with E-state index in [2.05, 4.69) is 27.9 Å². The first-order valence-electron chi connectivity index (χ1n) is 5.46. The van der Waals surface area contributed by atoms with Crippen molar-refractivity contribution in [3.63, 3.8) is 0 Å². The number of hydrogen-bond acceptors (Lipinski definition) is 4. The topological polar surface area (TPSA) is 61.5 Å². The van der Waals surface area contributed by atoms with Crippen molar-refractivity contribution in [2.24, 2.45) is 0 Å². The van der Waals surface area contributed by atoms with Crippen LogP contribution in [0.3, 0.4) is 0 Å². The lowest BCUT2D eigenvalue weighted by Crippen LogP contribution is -2.43. The van der Waals surface area contributed by atoms with Gasteiger partial charge in [0.1, 0.15) is 0 Å². The summed E-state index contributed by atoms with van der Waals surface area (Å²) in [5.74, 6) is 0. The smallest absolute Gasteiger partial charge is 0.0917 e.